The van der Waals surface area contributed by atoms with Crippen LogP contribution in [-0.2, 0) is 27.9 Å². The third-order valence-electron chi connectivity index (χ3n) is 5.00. The van der Waals surface area contributed by atoms with Crippen LogP contribution in [0.5, 0.6) is 0 Å². The first-order chi connectivity index (χ1) is 16.3. The van der Waals surface area contributed by atoms with E-state index < -0.39 is 26.5 Å². The molecule has 0 aliphatic heterocycles. The number of carbonyl (C=O) groups is 2. The van der Waals surface area contributed by atoms with Gasteiger partial charge in [0.15, 0.2) is 0 Å². The second-order valence-corrected chi connectivity index (χ2v) is 9.72. The Morgan fingerprint density at radius 3 is 2.18 bits per heavy atom. The Bertz CT molecular complexity index is 600. The number of ether oxygens (including phenoxy) is 1. The molecule has 0 aliphatic carbocycles. The molecule has 0 aromatic heterocycles. The highest BCUT2D eigenvalue weighted by Gasteiger charge is 2.23. The average Bonchev–Trinajstić information content (AvgIpc) is 2.82. The number of aliphatic hydroxyl groups excluding tert-OH is 1. The minimum absolute atomic E-state index is 0.0776. The topological polar surface area (TPSA) is 131 Å². The summed E-state index contributed by atoms with van der Waals surface area (Å²) in [5, 5.41) is 12.2. The largest absolute Gasteiger partial charge is 0.472 e. The molecule has 0 radical (unpaired) electrons. The lowest BCUT2D eigenvalue weighted by Gasteiger charge is -2.15. The van der Waals surface area contributed by atoms with Gasteiger partial charge in [0, 0.05) is 19.4 Å². The number of phosphoric acid groups is 1. The Hall–Kier alpha value is -1.25. The molecule has 34 heavy (non-hydrogen) atoms. The van der Waals surface area contributed by atoms with Gasteiger partial charge in [-0.05, 0) is 32.1 Å². The molecule has 0 bridgehead atoms. The van der Waals surface area contributed by atoms with Gasteiger partial charge in [0.25, 0.3) is 0 Å². The molecule has 10 heteroatoms. The summed E-state index contributed by atoms with van der Waals surface area (Å²) in [6.45, 7) is 2.85. The van der Waals surface area contributed by atoms with Gasteiger partial charge < -0.3 is 20.1 Å². The van der Waals surface area contributed by atoms with E-state index in [9.17, 15) is 24.2 Å². The normalized spacial score (nSPS) is 14.1. The van der Waals surface area contributed by atoms with Crippen molar-refractivity contribution < 1.29 is 37.9 Å². The van der Waals surface area contributed by atoms with Gasteiger partial charge in [-0.2, -0.15) is 0 Å². The fraction of sp³-hybridized carbons (Fsp3) is 0.833. The number of hydrogen-bond acceptors (Lipinski definition) is 7. The number of allylic oxidation sites excluding steroid dienone is 2. The summed E-state index contributed by atoms with van der Waals surface area (Å²) >= 11 is 0. The molecule has 0 aromatic rings. The van der Waals surface area contributed by atoms with Crippen molar-refractivity contribution in [1.82, 2.24) is 5.32 Å². The lowest BCUT2D eigenvalue weighted by atomic mass is 10.1. The zero-order valence-electron chi connectivity index (χ0n) is 21.0. The number of nitrogens with one attached hydrogen (secondary N) is 1. The summed E-state index contributed by atoms with van der Waals surface area (Å²) in [6.07, 6.45) is 16.7. The molecule has 200 valence electrons. The molecular weight excluding hydrogens is 461 g/mol. The minimum Gasteiger partial charge on any atom is -0.463 e. The zero-order chi connectivity index (χ0) is 25.5. The predicted octanol–water partition coefficient (Wildman–Crippen LogP) is 4.81. The molecule has 9 nitrogen and oxygen atoms in total. The van der Waals surface area contributed by atoms with E-state index in [1.54, 1.807) is 6.92 Å². The maximum atomic E-state index is 11.8. The fourth-order valence-corrected chi connectivity index (χ4v) is 3.76. The molecule has 2 unspecified atom stereocenters. The lowest BCUT2D eigenvalue weighted by molar-refractivity contribution is -0.146. The van der Waals surface area contributed by atoms with Crippen molar-refractivity contribution in [3.05, 3.63) is 12.2 Å². The molecule has 0 spiro atoms. The summed E-state index contributed by atoms with van der Waals surface area (Å²) in [7, 11) is -4.37. The third kappa shape index (κ3) is 22.5. The van der Waals surface area contributed by atoms with Crippen LogP contribution in [0.25, 0.3) is 0 Å². The number of rotatable bonds is 23. The number of phosphoric ester groups is 1. The predicted molar refractivity (Wildman–Crippen MR) is 132 cm³/mol. The van der Waals surface area contributed by atoms with Gasteiger partial charge in [-0.15, -0.1) is 0 Å². The van der Waals surface area contributed by atoms with Crippen LogP contribution in [0.3, 0.4) is 0 Å². The highest BCUT2D eigenvalue weighted by molar-refractivity contribution is 7.47. The summed E-state index contributed by atoms with van der Waals surface area (Å²) in [4.78, 5) is 32.4. The summed E-state index contributed by atoms with van der Waals surface area (Å²) < 4.78 is 25.8. The number of esters is 1. The van der Waals surface area contributed by atoms with Crippen LogP contribution in [0.2, 0.25) is 0 Å². The monoisotopic (exact) mass is 507 g/mol. The Labute approximate surface area is 205 Å². The molecular formula is C24H46NO8P. The minimum atomic E-state index is -4.37. The SMILES string of the molecule is CCCCCC/C=C\CCCCCCCC(=O)NCCOP(=O)(O)OCC(O)COC(=O)CC. The Morgan fingerprint density at radius 1 is 0.912 bits per heavy atom. The molecule has 0 heterocycles. The molecule has 0 aromatic carbocycles. The number of hydrogen-bond donors (Lipinski definition) is 3. The molecule has 0 saturated heterocycles. The van der Waals surface area contributed by atoms with Crippen molar-refractivity contribution in [3.63, 3.8) is 0 Å². The highest BCUT2D eigenvalue weighted by Crippen LogP contribution is 2.42. The molecule has 3 N–H and O–H groups in total. The van der Waals surface area contributed by atoms with E-state index in [0.29, 0.717) is 6.42 Å². The summed E-state index contributed by atoms with van der Waals surface area (Å²) in [5.41, 5.74) is 0. The van der Waals surface area contributed by atoms with Crippen molar-refractivity contribution in [1.29, 1.82) is 0 Å². The van der Waals surface area contributed by atoms with Gasteiger partial charge in [-0.25, -0.2) is 4.57 Å². The third-order valence-corrected chi connectivity index (χ3v) is 5.98. The molecule has 1 amide bonds. The van der Waals surface area contributed by atoms with Crippen molar-refractivity contribution >= 4 is 19.7 Å². The first-order valence-corrected chi connectivity index (χ1v) is 14.2. The van der Waals surface area contributed by atoms with Gasteiger partial charge in [0.05, 0.1) is 13.2 Å². The van der Waals surface area contributed by atoms with Crippen LogP contribution in [-0.4, -0.2) is 54.3 Å². The van der Waals surface area contributed by atoms with Crippen molar-refractivity contribution in [2.75, 3.05) is 26.4 Å². The van der Waals surface area contributed by atoms with Gasteiger partial charge in [-0.1, -0.05) is 64.5 Å². The highest BCUT2D eigenvalue weighted by atomic mass is 31.2. The van der Waals surface area contributed by atoms with Crippen LogP contribution in [0.15, 0.2) is 12.2 Å². The molecule has 0 aliphatic rings. The van der Waals surface area contributed by atoms with Crippen LogP contribution in [0.4, 0.5) is 0 Å². The standard InChI is InChI=1S/C24H46NO8P/c1-3-5-6-7-8-9-10-11-12-13-14-15-16-17-23(27)25-18-19-32-34(29,30)33-21-22(26)20-31-24(28)4-2/h9-10,22,26H,3-8,11-21H2,1-2H3,(H,25,27)(H,29,30)/b10-9-. The number of carbonyl (C=O) groups excluding carboxylic acids is 2. The summed E-state index contributed by atoms with van der Waals surface area (Å²) in [5.74, 6) is -0.620. The summed E-state index contributed by atoms with van der Waals surface area (Å²) in [6, 6.07) is 0. The maximum Gasteiger partial charge on any atom is 0.472 e. The second-order valence-electron chi connectivity index (χ2n) is 8.27. The van der Waals surface area contributed by atoms with E-state index in [2.05, 4.69) is 28.9 Å². The van der Waals surface area contributed by atoms with Crippen LogP contribution < -0.4 is 5.32 Å². The van der Waals surface area contributed by atoms with Crippen LogP contribution in [0.1, 0.15) is 97.3 Å². The van der Waals surface area contributed by atoms with E-state index >= 15 is 0 Å². The van der Waals surface area contributed by atoms with Gasteiger partial charge in [0.2, 0.25) is 5.91 Å². The van der Waals surface area contributed by atoms with Crippen molar-refractivity contribution in [2.24, 2.45) is 0 Å². The second kappa shape index (κ2) is 22.2. The molecule has 2 atom stereocenters. The molecule has 0 fully saturated rings. The van der Waals surface area contributed by atoms with Gasteiger partial charge in [0.1, 0.15) is 12.7 Å². The number of aliphatic hydroxyl groups is 1. The quantitative estimate of drug-likeness (QED) is 0.0777. The Morgan fingerprint density at radius 2 is 1.53 bits per heavy atom. The first kappa shape index (κ1) is 32.8. The Kier molecular flexibility index (Phi) is 21.4. The van der Waals surface area contributed by atoms with E-state index in [1.165, 1.54) is 38.5 Å². The molecule has 0 saturated carbocycles. The zero-order valence-corrected chi connectivity index (χ0v) is 21.9. The number of unbranched alkanes of at least 4 members (excludes halogenated alkanes) is 9. The van der Waals surface area contributed by atoms with E-state index in [-0.39, 0.29) is 32.1 Å². The van der Waals surface area contributed by atoms with E-state index in [4.69, 9.17) is 9.26 Å². The van der Waals surface area contributed by atoms with Crippen LogP contribution in [0, 0.1) is 0 Å². The van der Waals surface area contributed by atoms with Crippen molar-refractivity contribution in [2.45, 2.75) is 103 Å². The van der Waals surface area contributed by atoms with Crippen molar-refractivity contribution in [3.8, 4) is 0 Å². The Balaban J connectivity index is 3.59. The van der Waals surface area contributed by atoms with E-state index in [0.717, 1.165) is 32.1 Å². The average molecular weight is 508 g/mol. The smallest absolute Gasteiger partial charge is 0.463 e. The van der Waals surface area contributed by atoms with Gasteiger partial charge in [-0.3, -0.25) is 18.6 Å². The maximum absolute atomic E-state index is 11.8. The number of amides is 1. The van der Waals surface area contributed by atoms with Crippen LogP contribution >= 0.6 is 7.82 Å². The fourth-order valence-electron chi connectivity index (χ4n) is 3.00. The first-order valence-electron chi connectivity index (χ1n) is 12.7. The van der Waals surface area contributed by atoms with Gasteiger partial charge >= 0.3 is 13.8 Å². The molecule has 0 rings (SSSR count). The lowest BCUT2D eigenvalue weighted by Crippen LogP contribution is -2.27. The van der Waals surface area contributed by atoms with E-state index in [1.807, 2.05) is 0 Å².